The van der Waals surface area contributed by atoms with Crippen LogP contribution in [0.4, 0.5) is 4.39 Å². The Labute approximate surface area is 168 Å². The van der Waals surface area contributed by atoms with E-state index in [1.807, 2.05) is 6.92 Å². The van der Waals surface area contributed by atoms with Crippen molar-refractivity contribution >= 4 is 17.7 Å². The van der Waals surface area contributed by atoms with Gasteiger partial charge in [0.1, 0.15) is 18.2 Å². The fourth-order valence-electron chi connectivity index (χ4n) is 3.21. The van der Waals surface area contributed by atoms with E-state index in [4.69, 9.17) is 10.6 Å². The van der Waals surface area contributed by atoms with Gasteiger partial charge in [0.15, 0.2) is 5.82 Å². The number of hydrogen-bond donors (Lipinski definition) is 2. The maximum absolute atomic E-state index is 12.9. The maximum atomic E-state index is 12.9. The molecule has 3 rings (SSSR count). The largest absolute Gasteiger partial charge is 0.486 e. The molecule has 1 saturated carbocycles. The second-order valence-corrected chi connectivity index (χ2v) is 8.46. The highest BCUT2D eigenvalue weighted by molar-refractivity contribution is 8.00. The first-order valence-electron chi connectivity index (χ1n) is 9.49. The first kappa shape index (κ1) is 20.4. The first-order chi connectivity index (χ1) is 13.4. The van der Waals surface area contributed by atoms with Crippen LogP contribution in [-0.4, -0.2) is 32.1 Å². The van der Waals surface area contributed by atoms with Gasteiger partial charge < -0.3 is 15.9 Å². The van der Waals surface area contributed by atoms with Crippen LogP contribution in [0.2, 0.25) is 0 Å². The van der Waals surface area contributed by atoms with Crippen molar-refractivity contribution in [3.63, 3.8) is 0 Å². The molecule has 0 radical (unpaired) electrons. The van der Waals surface area contributed by atoms with Crippen LogP contribution in [0.5, 0.6) is 5.75 Å². The van der Waals surface area contributed by atoms with E-state index in [2.05, 4.69) is 22.4 Å². The first-order valence-corrected chi connectivity index (χ1v) is 10.4. The lowest BCUT2D eigenvalue weighted by atomic mass is 9.86. The minimum atomic E-state index is -0.341. The van der Waals surface area contributed by atoms with E-state index >= 15 is 0 Å². The van der Waals surface area contributed by atoms with Gasteiger partial charge >= 0.3 is 0 Å². The van der Waals surface area contributed by atoms with Gasteiger partial charge in [-0.1, -0.05) is 31.5 Å². The summed E-state index contributed by atoms with van der Waals surface area (Å²) in [6.45, 7) is 4.11. The molecule has 3 unspecified atom stereocenters. The number of carbonyl (C=O) groups is 1. The number of carbonyl (C=O) groups excluding carboxylic acids is 1. The summed E-state index contributed by atoms with van der Waals surface area (Å²) in [5, 5.41) is 11.3. The van der Waals surface area contributed by atoms with Gasteiger partial charge in [-0.3, -0.25) is 4.79 Å². The number of rotatable bonds is 7. The van der Waals surface area contributed by atoms with Gasteiger partial charge in [0, 0.05) is 6.04 Å². The number of benzene rings is 1. The summed E-state index contributed by atoms with van der Waals surface area (Å²) in [5.41, 5.74) is 0. The van der Waals surface area contributed by atoms with Gasteiger partial charge in [-0.05, 0) is 49.9 Å². The van der Waals surface area contributed by atoms with Crippen molar-refractivity contribution in [3.8, 4) is 5.75 Å². The molecular formula is C19H26FN5O2S. The van der Waals surface area contributed by atoms with Crippen molar-refractivity contribution in [1.29, 1.82) is 0 Å². The molecule has 152 valence electrons. The third kappa shape index (κ3) is 5.15. The van der Waals surface area contributed by atoms with E-state index in [9.17, 15) is 9.18 Å². The van der Waals surface area contributed by atoms with Gasteiger partial charge in [-0.15, -0.1) is 10.2 Å². The lowest BCUT2D eigenvalue weighted by Gasteiger charge is -2.30. The van der Waals surface area contributed by atoms with Crippen LogP contribution >= 0.6 is 11.8 Å². The molecule has 1 aliphatic carbocycles. The number of nitrogens with two attached hydrogens (primary N) is 1. The summed E-state index contributed by atoms with van der Waals surface area (Å²) >= 11 is 1.26. The second-order valence-electron chi connectivity index (χ2n) is 7.15. The molecule has 7 nitrogen and oxygen atoms in total. The molecule has 9 heteroatoms. The van der Waals surface area contributed by atoms with E-state index in [0.29, 0.717) is 22.6 Å². The van der Waals surface area contributed by atoms with Crippen LogP contribution in [0.1, 0.15) is 45.4 Å². The molecule has 28 heavy (non-hydrogen) atoms. The van der Waals surface area contributed by atoms with Crippen LogP contribution in [0.25, 0.3) is 0 Å². The fraction of sp³-hybridized carbons (Fsp3) is 0.526. The molecule has 3 N–H and O–H groups in total. The third-order valence-electron chi connectivity index (χ3n) is 5.01. The van der Waals surface area contributed by atoms with Crippen LogP contribution in [0, 0.1) is 11.7 Å². The number of nitrogens with one attached hydrogen (secondary N) is 1. The summed E-state index contributed by atoms with van der Waals surface area (Å²) in [5.74, 6) is 7.12. The Morgan fingerprint density at radius 3 is 2.79 bits per heavy atom. The molecule has 1 heterocycles. The lowest BCUT2D eigenvalue weighted by molar-refractivity contribution is -0.121. The zero-order chi connectivity index (χ0) is 20.1. The maximum Gasteiger partial charge on any atom is 0.233 e. The molecule has 0 saturated heterocycles. The predicted molar refractivity (Wildman–Crippen MR) is 106 cm³/mol. The highest BCUT2D eigenvalue weighted by Gasteiger charge is 2.26. The Balaban J connectivity index is 1.54. The second kappa shape index (κ2) is 9.27. The number of nitrogen functional groups attached to an aromatic ring is 1. The van der Waals surface area contributed by atoms with Gasteiger partial charge in [0.05, 0.1) is 5.25 Å². The van der Waals surface area contributed by atoms with Crippen molar-refractivity contribution in [2.45, 2.75) is 62.6 Å². The summed E-state index contributed by atoms with van der Waals surface area (Å²) in [6, 6.07) is 5.93. The molecule has 1 aromatic heterocycles. The standard InChI is InChI=1S/C19H26FN5O2S/c1-12-5-3-4-6-16(12)22-18(26)13(2)28-19-24-23-17(25(19)21)11-27-15-9-7-14(20)8-10-15/h7-10,12-13,16H,3-6,11,21H2,1-2H3,(H,22,26). The predicted octanol–water partition coefficient (Wildman–Crippen LogP) is 2.89. The zero-order valence-corrected chi connectivity index (χ0v) is 16.9. The van der Waals surface area contributed by atoms with Gasteiger partial charge in [-0.25, -0.2) is 9.07 Å². The minimum absolute atomic E-state index is 0.0177. The number of ether oxygens (including phenoxy) is 1. The molecule has 3 atom stereocenters. The molecule has 1 amide bonds. The van der Waals surface area contributed by atoms with Crippen molar-refractivity contribution in [3.05, 3.63) is 35.9 Å². The van der Waals surface area contributed by atoms with E-state index in [1.54, 1.807) is 0 Å². The summed E-state index contributed by atoms with van der Waals surface area (Å²) in [7, 11) is 0. The topological polar surface area (TPSA) is 95.1 Å². The van der Waals surface area contributed by atoms with Crippen LogP contribution < -0.4 is 15.9 Å². The van der Waals surface area contributed by atoms with Gasteiger partial charge in [0.25, 0.3) is 0 Å². The Bertz CT molecular complexity index is 798. The summed E-state index contributed by atoms with van der Waals surface area (Å²) in [6.07, 6.45) is 4.57. The van der Waals surface area contributed by atoms with Crippen molar-refractivity contribution < 1.29 is 13.9 Å². The molecule has 0 aliphatic heterocycles. The summed E-state index contributed by atoms with van der Waals surface area (Å²) in [4.78, 5) is 12.5. The molecular weight excluding hydrogens is 381 g/mol. The molecule has 2 aromatic rings. The van der Waals surface area contributed by atoms with E-state index in [-0.39, 0.29) is 29.6 Å². The average molecular weight is 408 g/mol. The van der Waals surface area contributed by atoms with Gasteiger partial charge in [0.2, 0.25) is 11.1 Å². The fourth-order valence-corrected chi connectivity index (χ4v) is 4.01. The normalized spacial score (nSPS) is 20.5. The number of hydrogen-bond acceptors (Lipinski definition) is 6. The van der Waals surface area contributed by atoms with Crippen molar-refractivity contribution in [2.24, 2.45) is 5.92 Å². The highest BCUT2D eigenvalue weighted by Crippen LogP contribution is 2.26. The number of amides is 1. The number of aromatic nitrogens is 3. The highest BCUT2D eigenvalue weighted by atomic mass is 32.2. The Morgan fingerprint density at radius 1 is 1.36 bits per heavy atom. The van der Waals surface area contributed by atoms with E-state index < -0.39 is 0 Å². The SMILES string of the molecule is CC(Sc1nnc(COc2ccc(F)cc2)n1N)C(=O)NC1CCCCC1C. The molecule has 0 spiro atoms. The third-order valence-corrected chi connectivity index (χ3v) is 6.06. The van der Waals surface area contributed by atoms with Crippen LogP contribution in [0.3, 0.4) is 0 Å². The Kier molecular flexibility index (Phi) is 6.77. The summed E-state index contributed by atoms with van der Waals surface area (Å²) < 4.78 is 19.8. The molecule has 1 fully saturated rings. The van der Waals surface area contributed by atoms with Gasteiger partial charge in [-0.2, -0.15) is 0 Å². The van der Waals surface area contributed by atoms with Crippen molar-refractivity contribution in [1.82, 2.24) is 20.2 Å². The molecule has 1 aliphatic rings. The Morgan fingerprint density at radius 2 is 2.07 bits per heavy atom. The smallest absolute Gasteiger partial charge is 0.233 e. The molecule has 1 aromatic carbocycles. The quantitative estimate of drug-likeness (QED) is 0.541. The van der Waals surface area contributed by atoms with Crippen molar-refractivity contribution in [2.75, 3.05) is 5.84 Å². The molecule has 0 bridgehead atoms. The average Bonchev–Trinajstić information content (AvgIpc) is 3.03. The monoisotopic (exact) mass is 407 g/mol. The zero-order valence-electron chi connectivity index (χ0n) is 16.1. The number of halogens is 1. The van der Waals surface area contributed by atoms with Crippen LogP contribution in [-0.2, 0) is 11.4 Å². The lowest BCUT2D eigenvalue weighted by Crippen LogP contribution is -2.44. The Hall–Kier alpha value is -2.29. The number of thioether (sulfide) groups is 1. The van der Waals surface area contributed by atoms with Crippen LogP contribution in [0.15, 0.2) is 29.4 Å². The minimum Gasteiger partial charge on any atom is -0.486 e. The number of nitrogens with zero attached hydrogens (tertiary/aromatic N) is 3. The van der Waals surface area contributed by atoms with E-state index in [1.165, 1.54) is 47.1 Å². The van der Waals surface area contributed by atoms with E-state index in [0.717, 1.165) is 19.3 Å².